The van der Waals surface area contributed by atoms with Crippen molar-refractivity contribution in [2.24, 2.45) is 13.0 Å². The lowest BCUT2D eigenvalue weighted by Gasteiger charge is -2.31. The second kappa shape index (κ2) is 10.6. The van der Waals surface area contributed by atoms with Crippen LogP contribution in [0.3, 0.4) is 0 Å². The first-order valence-corrected chi connectivity index (χ1v) is 12.8. The van der Waals surface area contributed by atoms with Gasteiger partial charge in [0.15, 0.2) is 0 Å². The van der Waals surface area contributed by atoms with E-state index in [1.54, 1.807) is 39.5 Å². The van der Waals surface area contributed by atoms with Crippen LogP contribution in [-0.4, -0.2) is 56.0 Å². The molecule has 0 aliphatic carbocycles. The van der Waals surface area contributed by atoms with Gasteiger partial charge < -0.3 is 19.4 Å². The highest BCUT2D eigenvalue weighted by atomic mass is 32.2. The summed E-state index contributed by atoms with van der Waals surface area (Å²) in [5.41, 5.74) is 1.89. The number of sulfonamides is 1. The van der Waals surface area contributed by atoms with Crippen LogP contribution in [-0.2, 0) is 33.1 Å². The fourth-order valence-corrected chi connectivity index (χ4v) is 6.36. The van der Waals surface area contributed by atoms with Crippen molar-refractivity contribution in [2.75, 3.05) is 26.8 Å². The highest BCUT2D eigenvalue weighted by molar-refractivity contribution is 7.89. The molecule has 1 amide bonds. The van der Waals surface area contributed by atoms with E-state index in [0.717, 1.165) is 5.56 Å². The van der Waals surface area contributed by atoms with Crippen LogP contribution in [0.5, 0.6) is 5.75 Å². The van der Waals surface area contributed by atoms with Crippen molar-refractivity contribution >= 4 is 21.9 Å². The number of para-hydroxylation sites is 1. The fourth-order valence-electron chi connectivity index (χ4n) is 4.36. The molecule has 1 N–H and O–H groups in total. The molecule has 2 aromatic rings. The molecule has 186 valence electrons. The maximum absolute atomic E-state index is 13.7. The molecule has 3 rings (SSSR count). The Morgan fingerprint density at radius 2 is 1.88 bits per heavy atom. The van der Waals surface area contributed by atoms with Gasteiger partial charge in [0.1, 0.15) is 16.2 Å². The minimum absolute atomic E-state index is 0.0407. The van der Waals surface area contributed by atoms with Crippen LogP contribution in [0.25, 0.3) is 0 Å². The molecule has 9 nitrogen and oxygen atoms in total. The normalized spacial score (nSPS) is 16.8. The van der Waals surface area contributed by atoms with Crippen LogP contribution in [0.1, 0.15) is 47.1 Å². The summed E-state index contributed by atoms with van der Waals surface area (Å²) in [5.74, 6) is -0.686. The summed E-state index contributed by atoms with van der Waals surface area (Å²) in [6.07, 6.45) is 1.13. The Hall–Kier alpha value is -2.85. The molecule has 34 heavy (non-hydrogen) atoms. The molecule has 0 bridgehead atoms. The first kappa shape index (κ1) is 25.8. The third kappa shape index (κ3) is 4.97. The van der Waals surface area contributed by atoms with Crippen molar-refractivity contribution in [3.63, 3.8) is 0 Å². The van der Waals surface area contributed by atoms with E-state index in [-0.39, 0.29) is 42.6 Å². The number of carbonyl (C=O) groups excluding carboxylic acids is 2. The van der Waals surface area contributed by atoms with Gasteiger partial charge in [-0.2, -0.15) is 4.31 Å². The number of aromatic nitrogens is 1. The predicted molar refractivity (Wildman–Crippen MR) is 127 cm³/mol. The Morgan fingerprint density at radius 3 is 2.56 bits per heavy atom. The minimum atomic E-state index is -4.02. The molecule has 1 unspecified atom stereocenters. The standard InChI is InChI=1S/C24H33N3O6S/c1-6-33-24(29)21-16(2)26(4)17(3)22(21)34(30,31)27-13-9-11-19(15-27)23(28)25-14-18-10-7-8-12-20(18)32-5/h7-8,10,12,19H,6,9,11,13-15H2,1-5H3,(H,25,28). The molecule has 1 atom stereocenters. The summed E-state index contributed by atoms with van der Waals surface area (Å²) in [6.45, 7) is 5.81. The molecule has 1 aromatic heterocycles. The average molecular weight is 492 g/mol. The van der Waals surface area contributed by atoms with Gasteiger partial charge in [0.25, 0.3) is 0 Å². The van der Waals surface area contributed by atoms with E-state index in [9.17, 15) is 18.0 Å². The first-order chi connectivity index (χ1) is 16.1. The zero-order valence-corrected chi connectivity index (χ0v) is 21.2. The lowest BCUT2D eigenvalue weighted by Crippen LogP contribution is -2.45. The molecular formula is C24H33N3O6S. The summed E-state index contributed by atoms with van der Waals surface area (Å²) < 4.78 is 40.8. The quantitative estimate of drug-likeness (QED) is 0.569. The van der Waals surface area contributed by atoms with Gasteiger partial charge in [-0.3, -0.25) is 4.79 Å². The van der Waals surface area contributed by atoms with E-state index in [1.807, 2.05) is 24.3 Å². The van der Waals surface area contributed by atoms with Gasteiger partial charge in [-0.25, -0.2) is 13.2 Å². The van der Waals surface area contributed by atoms with E-state index < -0.39 is 21.9 Å². The van der Waals surface area contributed by atoms with Gasteiger partial charge in [-0.15, -0.1) is 0 Å². The summed E-state index contributed by atoms with van der Waals surface area (Å²) in [7, 11) is -0.730. The second-order valence-corrected chi connectivity index (χ2v) is 10.3. The first-order valence-electron chi connectivity index (χ1n) is 11.4. The molecule has 1 saturated heterocycles. The number of carbonyl (C=O) groups is 2. The molecule has 1 aliphatic rings. The lowest BCUT2D eigenvalue weighted by molar-refractivity contribution is -0.126. The maximum atomic E-state index is 13.7. The Labute approximate surface area is 201 Å². The Balaban J connectivity index is 1.81. The van der Waals surface area contributed by atoms with Crippen molar-refractivity contribution in [2.45, 2.75) is 45.1 Å². The van der Waals surface area contributed by atoms with Gasteiger partial charge >= 0.3 is 5.97 Å². The van der Waals surface area contributed by atoms with Crippen LogP contribution in [0, 0.1) is 19.8 Å². The van der Waals surface area contributed by atoms with Crippen LogP contribution in [0.2, 0.25) is 0 Å². The van der Waals surface area contributed by atoms with Crippen molar-refractivity contribution in [3.05, 3.63) is 46.8 Å². The third-order valence-electron chi connectivity index (χ3n) is 6.40. The number of methoxy groups -OCH3 is 1. The number of rotatable bonds is 8. The minimum Gasteiger partial charge on any atom is -0.496 e. The maximum Gasteiger partial charge on any atom is 0.341 e. The number of ether oxygens (including phenoxy) is 2. The van der Waals surface area contributed by atoms with Gasteiger partial charge in [0.05, 0.1) is 19.6 Å². The molecule has 10 heteroatoms. The highest BCUT2D eigenvalue weighted by Gasteiger charge is 2.39. The summed E-state index contributed by atoms with van der Waals surface area (Å²) in [6, 6.07) is 7.41. The zero-order valence-electron chi connectivity index (χ0n) is 20.4. The summed E-state index contributed by atoms with van der Waals surface area (Å²) in [5, 5.41) is 2.91. The topological polar surface area (TPSA) is 107 Å². The molecular weight excluding hydrogens is 458 g/mol. The molecule has 0 radical (unpaired) electrons. The van der Waals surface area contributed by atoms with E-state index in [2.05, 4.69) is 5.32 Å². The van der Waals surface area contributed by atoms with Crippen molar-refractivity contribution < 1.29 is 27.5 Å². The van der Waals surface area contributed by atoms with Gasteiger partial charge in [-0.1, -0.05) is 18.2 Å². The number of esters is 1. The summed E-state index contributed by atoms with van der Waals surface area (Å²) >= 11 is 0. The van der Waals surface area contributed by atoms with E-state index in [0.29, 0.717) is 30.0 Å². The molecule has 1 aliphatic heterocycles. The highest BCUT2D eigenvalue weighted by Crippen LogP contribution is 2.32. The Kier molecular flexibility index (Phi) is 8.04. The van der Waals surface area contributed by atoms with Crippen molar-refractivity contribution in [1.29, 1.82) is 0 Å². The average Bonchev–Trinajstić information content (AvgIpc) is 3.07. The third-order valence-corrected chi connectivity index (χ3v) is 8.43. The van der Waals surface area contributed by atoms with Gasteiger partial charge in [0, 0.05) is 43.6 Å². The number of nitrogens with one attached hydrogen (secondary N) is 1. The van der Waals surface area contributed by atoms with E-state index in [4.69, 9.17) is 9.47 Å². The van der Waals surface area contributed by atoms with Crippen LogP contribution >= 0.6 is 0 Å². The molecule has 2 heterocycles. The SMILES string of the molecule is CCOC(=O)c1c(S(=O)(=O)N2CCCC(C(=O)NCc3ccccc3OC)C2)c(C)n(C)c1C. The van der Waals surface area contributed by atoms with Gasteiger partial charge in [0.2, 0.25) is 15.9 Å². The largest absolute Gasteiger partial charge is 0.496 e. The number of benzene rings is 1. The van der Waals surface area contributed by atoms with E-state index >= 15 is 0 Å². The Morgan fingerprint density at radius 1 is 1.18 bits per heavy atom. The number of amides is 1. The molecule has 0 saturated carbocycles. The smallest absolute Gasteiger partial charge is 0.341 e. The fraction of sp³-hybridized carbons (Fsp3) is 0.500. The van der Waals surface area contributed by atoms with Crippen LogP contribution in [0.4, 0.5) is 0 Å². The number of hydrogen-bond acceptors (Lipinski definition) is 6. The summed E-state index contributed by atoms with van der Waals surface area (Å²) in [4.78, 5) is 25.5. The second-order valence-electron chi connectivity index (χ2n) is 8.39. The number of piperidine rings is 1. The monoisotopic (exact) mass is 491 g/mol. The van der Waals surface area contributed by atoms with Gasteiger partial charge in [-0.05, 0) is 39.7 Å². The number of hydrogen-bond donors (Lipinski definition) is 1. The number of nitrogens with zero attached hydrogens (tertiary/aromatic N) is 2. The van der Waals surface area contributed by atoms with E-state index in [1.165, 1.54) is 4.31 Å². The Bertz CT molecular complexity index is 1170. The zero-order chi connectivity index (χ0) is 25.0. The van der Waals surface area contributed by atoms with Crippen LogP contribution < -0.4 is 10.1 Å². The van der Waals surface area contributed by atoms with Crippen molar-refractivity contribution in [1.82, 2.24) is 14.2 Å². The van der Waals surface area contributed by atoms with Crippen molar-refractivity contribution in [3.8, 4) is 5.75 Å². The molecule has 0 spiro atoms. The molecule has 1 aromatic carbocycles. The predicted octanol–water partition coefficient (Wildman–Crippen LogP) is 2.54. The van der Waals surface area contributed by atoms with Crippen LogP contribution in [0.15, 0.2) is 29.2 Å². The lowest BCUT2D eigenvalue weighted by atomic mass is 9.98. The molecule has 1 fully saturated rings.